The van der Waals surface area contributed by atoms with Crippen LogP contribution in [0.5, 0.6) is 0 Å². The Labute approximate surface area is 245 Å². The first-order chi connectivity index (χ1) is 20.9. The molecule has 0 bridgehead atoms. The molecule has 9 rings (SSSR count). The van der Waals surface area contributed by atoms with E-state index in [-0.39, 0.29) is 5.92 Å². The van der Waals surface area contributed by atoms with Gasteiger partial charge in [0.05, 0.1) is 34.1 Å². The van der Waals surface area contributed by atoms with Crippen molar-refractivity contribution in [3.05, 3.63) is 179 Å². The van der Waals surface area contributed by atoms with Crippen molar-refractivity contribution in [1.82, 2.24) is 0 Å². The highest BCUT2D eigenvalue weighted by molar-refractivity contribution is 6.52. The number of para-hydroxylation sites is 2. The summed E-state index contributed by atoms with van der Waals surface area (Å²) in [6.07, 6.45) is 0. The van der Waals surface area contributed by atoms with Gasteiger partial charge in [-0.1, -0.05) is 133 Å². The lowest BCUT2D eigenvalue weighted by Gasteiger charge is -2.40. The van der Waals surface area contributed by atoms with Gasteiger partial charge in [-0.3, -0.25) is 4.99 Å². The van der Waals surface area contributed by atoms with Gasteiger partial charge in [0.2, 0.25) is 0 Å². The van der Waals surface area contributed by atoms with Gasteiger partial charge < -0.3 is 0 Å². The molecular weight excluding hydrogens is 508 g/mol. The van der Waals surface area contributed by atoms with Crippen LogP contribution >= 0.6 is 0 Å². The highest BCUT2D eigenvalue weighted by Crippen LogP contribution is 2.59. The predicted molar refractivity (Wildman–Crippen MR) is 173 cm³/mol. The Morgan fingerprint density at radius 3 is 1.55 bits per heavy atom. The minimum atomic E-state index is -0.608. The fourth-order valence-corrected chi connectivity index (χ4v) is 7.60. The first kappa shape index (κ1) is 23.4. The van der Waals surface area contributed by atoms with E-state index in [1.54, 1.807) is 0 Å². The Kier molecular flexibility index (Phi) is 4.91. The van der Waals surface area contributed by atoms with E-state index >= 15 is 0 Å². The molecule has 42 heavy (non-hydrogen) atoms. The molecule has 0 radical (unpaired) electrons. The number of aliphatic imine (C=N–C) groups is 2. The molecule has 0 atom stereocenters. The molecule has 1 spiro atoms. The predicted octanol–water partition coefficient (Wildman–Crippen LogP) is 9.67. The lowest BCUT2D eigenvalue weighted by atomic mass is 9.64. The summed E-state index contributed by atoms with van der Waals surface area (Å²) < 4.78 is 0. The molecule has 196 valence electrons. The van der Waals surface area contributed by atoms with Crippen LogP contribution in [-0.2, 0) is 5.41 Å². The topological polar surface area (TPSA) is 24.7 Å². The monoisotopic (exact) mass is 534 g/mol. The molecule has 0 N–H and O–H groups in total. The van der Waals surface area contributed by atoms with Gasteiger partial charge in [0, 0.05) is 0 Å². The van der Waals surface area contributed by atoms with Gasteiger partial charge in [-0.2, -0.15) is 0 Å². The molecule has 1 heterocycles. The average molecular weight is 535 g/mol. The maximum atomic E-state index is 5.61. The van der Waals surface area contributed by atoms with Crippen molar-refractivity contribution < 1.29 is 0 Å². The van der Waals surface area contributed by atoms with Gasteiger partial charge in [0.15, 0.2) is 0 Å². The van der Waals surface area contributed by atoms with Gasteiger partial charge in [0.25, 0.3) is 0 Å². The molecule has 2 aliphatic carbocycles. The van der Waals surface area contributed by atoms with Crippen molar-refractivity contribution in [2.24, 2.45) is 9.98 Å². The van der Waals surface area contributed by atoms with Gasteiger partial charge in [0.1, 0.15) is 0 Å². The molecule has 0 fully saturated rings. The second-order valence-electron chi connectivity index (χ2n) is 11.3. The Balaban J connectivity index is 1.45. The van der Waals surface area contributed by atoms with Gasteiger partial charge >= 0.3 is 0 Å². The first-order valence-electron chi connectivity index (χ1n) is 14.6. The number of hydrogen-bond donors (Lipinski definition) is 0. The molecule has 2 heteroatoms. The zero-order chi connectivity index (χ0) is 27.7. The van der Waals surface area contributed by atoms with Gasteiger partial charge in [-0.05, 0) is 68.3 Å². The van der Waals surface area contributed by atoms with Crippen LogP contribution in [0, 0.1) is 0 Å². The molecule has 0 saturated carbocycles. The fraction of sp³-hybridized carbons (Fsp3) is 0.0500. The molecule has 1 aliphatic heterocycles. The lowest BCUT2D eigenvalue weighted by Crippen LogP contribution is -2.45. The van der Waals surface area contributed by atoms with Crippen molar-refractivity contribution >= 4 is 22.8 Å². The summed E-state index contributed by atoms with van der Waals surface area (Å²) in [6.45, 7) is 0. The zero-order valence-corrected chi connectivity index (χ0v) is 22.9. The van der Waals surface area contributed by atoms with E-state index in [2.05, 4.69) is 146 Å². The van der Waals surface area contributed by atoms with E-state index in [0.29, 0.717) is 0 Å². The lowest BCUT2D eigenvalue weighted by molar-refractivity contribution is 0.850. The quantitative estimate of drug-likeness (QED) is 0.211. The van der Waals surface area contributed by atoms with Crippen LogP contribution in [0.2, 0.25) is 0 Å². The highest BCUT2D eigenvalue weighted by Gasteiger charge is 2.54. The minimum Gasteiger partial charge on any atom is -0.250 e. The molecular formula is C40H26N2. The second kappa shape index (κ2) is 8.83. The standard InChI is InChI=1S/C40H26N2/c1-2-14-26(15-3-1)41-39-38(37-31-20-6-4-16-27(31)28-17-5-7-21-32(28)37)42-36-25-13-12-24-35(36)40(39)33-22-10-8-18-29(33)30-19-9-11-23-34(30)40/h1-25,37H. The molecule has 3 aliphatic rings. The van der Waals surface area contributed by atoms with Crippen molar-refractivity contribution in [3.8, 4) is 22.3 Å². The molecule has 6 aromatic rings. The van der Waals surface area contributed by atoms with E-state index in [1.165, 1.54) is 50.1 Å². The first-order valence-corrected chi connectivity index (χ1v) is 14.6. The Morgan fingerprint density at radius 2 is 0.929 bits per heavy atom. The molecule has 0 unspecified atom stereocenters. The van der Waals surface area contributed by atoms with Gasteiger partial charge in [-0.25, -0.2) is 4.99 Å². The van der Waals surface area contributed by atoms with E-state index in [1.807, 2.05) is 6.07 Å². The van der Waals surface area contributed by atoms with Crippen LogP contribution in [-0.4, -0.2) is 11.4 Å². The number of nitrogens with zero attached hydrogens (tertiary/aromatic N) is 2. The normalized spacial score (nSPS) is 16.4. The van der Waals surface area contributed by atoms with Crippen molar-refractivity contribution in [2.75, 3.05) is 0 Å². The highest BCUT2D eigenvalue weighted by atomic mass is 14.9. The molecule has 0 aromatic heterocycles. The summed E-state index contributed by atoms with van der Waals surface area (Å²) in [5.74, 6) is -0.0370. The van der Waals surface area contributed by atoms with Crippen molar-refractivity contribution in [3.63, 3.8) is 0 Å². The minimum absolute atomic E-state index is 0.0370. The maximum Gasteiger partial charge on any atom is 0.0925 e. The third kappa shape index (κ3) is 3.04. The van der Waals surface area contributed by atoms with Crippen LogP contribution in [0.3, 0.4) is 0 Å². The smallest absolute Gasteiger partial charge is 0.0925 e. The van der Waals surface area contributed by atoms with E-state index in [0.717, 1.165) is 22.8 Å². The van der Waals surface area contributed by atoms with Crippen molar-refractivity contribution in [2.45, 2.75) is 11.3 Å². The van der Waals surface area contributed by atoms with Crippen molar-refractivity contribution in [1.29, 1.82) is 0 Å². The van der Waals surface area contributed by atoms with Crippen LogP contribution in [0.25, 0.3) is 22.3 Å². The zero-order valence-electron chi connectivity index (χ0n) is 22.9. The maximum absolute atomic E-state index is 5.61. The van der Waals surface area contributed by atoms with Crippen LogP contribution in [0.4, 0.5) is 11.4 Å². The number of benzene rings is 6. The van der Waals surface area contributed by atoms with Crippen LogP contribution < -0.4 is 0 Å². The third-order valence-corrected chi connectivity index (χ3v) is 9.20. The van der Waals surface area contributed by atoms with E-state index < -0.39 is 5.41 Å². The average Bonchev–Trinajstić information content (AvgIpc) is 3.54. The largest absolute Gasteiger partial charge is 0.250 e. The van der Waals surface area contributed by atoms with E-state index in [9.17, 15) is 0 Å². The third-order valence-electron chi connectivity index (χ3n) is 9.20. The molecule has 0 amide bonds. The SMILES string of the molecule is c1ccc(N=C2C(C3c4ccccc4-c4ccccc43)=Nc3ccccc3C23c2ccccc2-c2ccccc23)cc1. The number of fused-ring (bicyclic) bond motifs is 10. The fourth-order valence-electron chi connectivity index (χ4n) is 7.60. The summed E-state index contributed by atoms with van der Waals surface area (Å²) in [7, 11) is 0. The number of hydrogen-bond acceptors (Lipinski definition) is 2. The Bertz CT molecular complexity index is 2010. The summed E-state index contributed by atoms with van der Waals surface area (Å²) >= 11 is 0. The summed E-state index contributed by atoms with van der Waals surface area (Å²) in [4.78, 5) is 11.2. The second-order valence-corrected chi connectivity index (χ2v) is 11.3. The summed E-state index contributed by atoms with van der Waals surface area (Å²) in [6, 6.07) is 54.4. The molecule has 2 nitrogen and oxygen atoms in total. The van der Waals surface area contributed by atoms with Gasteiger partial charge in [-0.15, -0.1) is 0 Å². The summed E-state index contributed by atoms with van der Waals surface area (Å²) in [5.41, 5.74) is 14.7. The Hall–Kier alpha value is -5.34. The summed E-state index contributed by atoms with van der Waals surface area (Å²) in [5, 5.41) is 0. The molecule has 0 saturated heterocycles. The molecule has 6 aromatic carbocycles. The number of rotatable bonds is 2. The van der Waals surface area contributed by atoms with E-state index in [4.69, 9.17) is 9.98 Å². The van der Waals surface area contributed by atoms with Crippen LogP contribution in [0.15, 0.2) is 162 Å². The van der Waals surface area contributed by atoms with Crippen LogP contribution in [0.1, 0.15) is 33.7 Å². The Morgan fingerprint density at radius 1 is 0.452 bits per heavy atom.